The molecule has 0 bridgehead atoms. The highest BCUT2D eigenvalue weighted by atomic mass is 16.2. The van der Waals surface area contributed by atoms with E-state index < -0.39 is 0 Å². The van der Waals surface area contributed by atoms with Gasteiger partial charge in [0.2, 0.25) is 5.91 Å². The Morgan fingerprint density at radius 3 is 2.96 bits per heavy atom. The van der Waals surface area contributed by atoms with Crippen molar-refractivity contribution in [1.82, 2.24) is 14.9 Å². The van der Waals surface area contributed by atoms with Crippen LogP contribution in [0.25, 0.3) is 0 Å². The maximum Gasteiger partial charge on any atom is 0.233 e. The van der Waals surface area contributed by atoms with Gasteiger partial charge in [0, 0.05) is 32.0 Å². The van der Waals surface area contributed by atoms with E-state index in [0.29, 0.717) is 11.7 Å². The second-order valence-corrected chi connectivity index (χ2v) is 6.95. The number of rotatable bonds is 4. The molecule has 2 aliphatic rings. The Morgan fingerprint density at radius 2 is 2.17 bits per heavy atom. The predicted molar refractivity (Wildman–Crippen MR) is 92.2 cm³/mol. The average Bonchev–Trinajstić information content (AvgIpc) is 3.14. The highest BCUT2D eigenvalue weighted by Crippen LogP contribution is 2.49. The Morgan fingerprint density at radius 1 is 1.29 bits per heavy atom. The smallest absolute Gasteiger partial charge is 0.233 e. The molecule has 124 valence electrons. The summed E-state index contributed by atoms with van der Waals surface area (Å²) >= 11 is 0. The van der Waals surface area contributed by atoms with Crippen molar-refractivity contribution in [2.24, 2.45) is 11.3 Å². The van der Waals surface area contributed by atoms with E-state index in [0.717, 1.165) is 38.9 Å². The number of likely N-dealkylation sites (tertiary alicyclic amines) is 1. The second-order valence-electron chi connectivity index (χ2n) is 6.95. The second kappa shape index (κ2) is 6.32. The minimum Gasteiger partial charge on any atom is -0.309 e. The molecular weight excluding hydrogens is 300 g/mol. The van der Waals surface area contributed by atoms with Crippen LogP contribution in [0.4, 0.5) is 5.82 Å². The van der Waals surface area contributed by atoms with Crippen LogP contribution in [0.2, 0.25) is 0 Å². The maximum atomic E-state index is 13.0. The molecule has 2 atom stereocenters. The minimum atomic E-state index is -0.272. The maximum absolute atomic E-state index is 13.0. The van der Waals surface area contributed by atoms with Crippen LogP contribution in [0, 0.1) is 11.3 Å². The number of hydrogen-bond acceptors (Lipinski definition) is 4. The van der Waals surface area contributed by atoms with E-state index in [-0.39, 0.29) is 11.3 Å². The third-order valence-electron chi connectivity index (χ3n) is 5.45. The Balaban J connectivity index is 1.49. The molecule has 5 nitrogen and oxygen atoms in total. The summed E-state index contributed by atoms with van der Waals surface area (Å²) in [5.41, 5.74) is 1.04. The Labute approximate surface area is 142 Å². The lowest BCUT2D eigenvalue weighted by atomic mass is 9.80. The fourth-order valence-electron chi connectivity index (χ4n) is 4.33. The van der Waals surface area contributed by atoms with E-state index in [2.05, 4.69) is 44.5 Å². The summed E-state index contributed by atoms with van der Waals surface area (Å²) < 4.78 is 0. The lowest BCUT2D eigenvalue weighted by Crippen LogP contribution is -2.40. The van der Waals surface area contributed by atoms with Gasteiger partial charge in [-0.2, -0.15) is 0 Å². The van der Waals surface area contributed by atoms with Crippen LogP contribution < -0.4 is 5.32 Å². The van der Waals surface area contributed by atoms with E-state index in [1.54, 1.807) is 18.6 Å². The molecule has 1 aromatic carbocycles. The molecule has 1 amide bonds. The van der Waals surface area contributed by atoms with Gasteiger partial charge < -0.3 is 5.32 Å². The van der Waals surface area contributed by atoms with Crippen molar-refractivity contribution in [1.29, 1.82) is 0 Å². The van der Waals surface area contributed by atoms with Crippen molar-refractivity contribution < 1.29 is 4.79 Å². The number of carbonyl (C=O) groups is 1. The number of carbonyl (C=O) groups excluding carboxylic acids is 1. The molecule has 1 N–H and O–H groups in total. The molecule has 1 saturated heterocycles. The van der Waals surface area contributed by atoms with Gasteiger partial charge in [-0.25, -0.2) is 4.98 Å². The number of benzene rings is 1. The molecule has 1 aliphatic heterocycles. The van der Waals surface area contributed by atoms with Gasteiger partial charge in [-0.15, -0.1) is 0 Å². The molecule has 1 aliphatic carbocycles. The highest BCUT2D eigenvalue weighted by Gasteiger charge is 2.54. The van der Waals surface area contributed by atoms with Gasteiger partial charge in [0.05, 0.1) is 11.6 Å². The van der Waals surface area contributed by atoms with Gasteiger partial charge in [0.15, 0.2) is 5.82 Å². The normalized spacial score (nSPS) is 26.2. The largest absolute Gasteiger partial charge is 0.309 e. The van der Waals surface area contributed by atoms with Crippen LogP contribution in [0.3, 0.4) is 0 Å². The fourth-order valence-corrected chi connectivity index (χ4v) is 4.33. The van der Waals surface area contributed by atoms with Crippen LogP contribution in [0.15, 0.2) is 48.9 Å². The summed E-state index contributed by atoms with van der Waals surface area (Å²) in [6.45, 7) is 2.75. The molecule has 0 radical (unpaired) electrons. The lowest BCUT2D eigenvalue weighted by molar-refractivity contribution is -0.126. The van der Waals surface area contributed by atoms with Gasteiger partial charge in [0.1, 0.15) is 0 Å². The summed E-state index contributed by atoms with van der Waals surface area (Å²) in [4.78, 5) is 23.6. The molecule has 2 aromatic rings. The Kier molecular flexibility index (Phi) is 4.02. The number of fused-ring (bicyclic) bond motifs is 1. The molecule has 4 rings (SSSR count). The van der Waals surface area contributed by atoms with E-state index in [1.165, 1.54) is 5.56 Å². The lowest BCUT2D eigenvalue weighted by Gasteiger charge is -2.27. The predicted octanol–water partition coefficient (Wildman–Crippen LogP) is 2.72. The number of amides is 1. The fraction of sp³-hybridized carbons (Fsp3) is 0.421. The number of nitrogens with zero attached hydrogens (tertiary/aromatic N) is 3. The summed E-state index contributed by atoms with van der Waals surface area (Å²) in [6, 6.07) is 10.5. The van der Waals surface area contributed by atoms with Crippen LogP contribution in [-0.4, -0.2) is 33.9 Å². The first-order chi connectivity index (χ1) is 11.8. The molecule has 1 aromatic heterocycles. The van der Waals surface area contributed by atoms with Crippen molar-refractivity contribution >= 4 is 11.7 Å². The third-order valence-corrected chi connectivity index (χ3v) is 5.45. The zero-order chi connectivity index (χ0) is 16.4. The summed E-state index contributed by atoms with van der Waals surface area (Å²) in [5, 5.41) is 2.99. The molecule has 1 saturated carbocycles. The first-order valence-corrected chi connectivity index (χ1v) is 8.60. The third kappa shape index (κ3) is 2.80. The summed E-state index contributed by atoms with van der Waals surface area (Å²) in [6.07, 6.45) is 8.07. The van der Waals surface area contributed by atoms with Gasteiger partial charge in [0.25, 0.3) is 0 Å². The van der Waals surface area contributed by atoms with Crippen LogP contribution in [0.5, 0.6) is 0 Å². The topological polar surface area (TPSA) is 58.1 Å². The van der Waals surface area contributed by atoms with Crippen molar-refractivity contribution in [3.63, 3.8) is 0 Å². The zero-order valence-corrected chi connectivity index (χ0v) is 13.7. The van der Waals surface area contributed by atoms with Crippen molar-refractivity contribution in [2.75, 3.05) is 18.4 Å². The molecule has 2 heterocycles. The van der Waals surface area contributed by atoms with Crippen LogP contribution in [0.1, 0.15) is 24.8 Å². The van der Waals surface area contributed by atoms with Crippen molar-refractivity contribution in [3.05, 3.63) is 54.5 Å². The van der Waals surface area contributed by atoms with Gasteiger partial charge >= 0.3 is 0 Å². The first-order valence-electron chi connectivity index (χ1n) is 8.60. The van der Waals surface area contributed by atoms with E-state index in [4.69, 9.17) is 0 Å². The zero-order valence-electron chi connectivity index (χ0n) is 13.7. The molecule has 5 heteroatoms. The molecule has 2 fully saturated rings. The first kappa shape index (κ1) is 15.3. The number of hydrogen-bond donors (Lipinski definition) is 1. The van der Waals surface area contributed by atoms with Crippen molar-refractivity contribution in [2.45, 2.75) is 25.8 Å². The number of nitrogens with one attached hydrogen (secondary N) is 1. The summed E-state index contributed by atoms with van der Waals surface area (Å²) in [7, 11) is 0. The van der Waals surface area contributed by atoms with E-state index >= 15 is 0 Å². The molecule has 0 unspecified atom stereocenters. The monoisotopic (exact) mass is 322 g/mol. The minimum absolute atomic E-state index is 0.112. The van der Waals surface area contributed by atoms with Gasteiger partial charge in [-0.1, -0.05) is 36.8 Å². The van der Waals surface area contributed by atoms with Crippen LogP contribution >= 0.6 is 0 Å². The van der Waals surface area contributed by atoms with E-state index in [9.17, 15) is 4.79 Å². The Hall–Kier alpha value is -2.27. The SMILES string of the molecule is O=C(Nc1cnccn1)[C@]12CCC[C@H]1CN(Cc1ccccc1)C2. The van der Waals surface area contributed by atoms with Crippen molar-refractivity contribution in [3.8, 4) is 0 Å². The molecule has 24 heavy (non-hydrogen) atoms. The van der Waals surface area contributed by atoms with Gasteiger partial charge in [-0.05, 0) is 24.3 Å². The quantitative estimate of drug-likeness (QED) is 0.940. The Bertz CT molecular complexity index is 706. The number of aromatic nitrogens is 2. The number of anilines is 1. The average molecular weight is 322 g/mol. The molecule has 0 spiro atoms. The molecular formula is C19H22N4O. The van der Waals surface area contributed by atoms with E-state index in [1.807, 2.05) is 6.07 Å². The standard InChI is InChI=1S/C19H22N4O/c24-18(22-17-11-20-9-10-21-17)19-8-4-7-16(19)13-23(14-19)12-15-5-2-1-3-6-15/h1-3,5-6,9-11,16H,4,7-8,12-14H2,(H,21,22,24)/t16-,19-/m0/s1. The highest BCUT2D eigenvalue weighted by molar-refractivity contribution is 5.95. The van der Waals surface area contributed by atoms with Crippen LogP contribution in [-0.2, 0) is 11.3 Å². The summed E-state index contributed by atoms with van der Waals surface area (Å²) in [5.74, 6) is 1.10. The van der Waals surface area contributed by atoms with Gasteiger partial charge in [-0.3, -0.25) is 14.7 Å².